The fourth-order valence-electron chi connectivity index (χ4n) is 1.87. The van der Waals surface area contributed by atoms with Crippen LogP contribution in [0.25, 0.3) is 0 Å². The molecule has 7 heteroatoms. The van der Waals surface area contributed by atoms with Gasteiger partial charge in [0.15, 0.2) is 5.76 Å². The Kier molecular flexibility index (Phi) is 3.56. The normalized spacial score (nSPS) is 19.6. The molecule has 94 valence electrons. The number of amides is 1. The van der Waals surface area contributed by atoms with Crippen LogP contribution in [0.3, 0.4) is 0 Å². The van der Waals surface area contributed by atoms with E-state index in [4.69, 9.17) is 14.4 Å². The van der Waals surface area contributed by atoms with Crippen LogP contribution in [0.15, 0.2) is 9.00 Å². The van der Waals surface area contributed by atoms with Gasteiger partial charge in [-0.15, -0.1) is 0 Å². The summed E-state index contributed by atoms with van der Waals surface area (Å²) in [6, 6.07) is -0.101. The van der Waals surface area contributed by atoms with Crippen LogP contribution in [0.1, 0.15) is 18.6 Å². The van der Waals surface area contributed by atoms with Crippen LogP contribution in [0.5, 0.6) is 5.88 Å². The van der Waals surface area contributed by atoms with Gasteiger partial charge in [0.25, 0.3) is 5.88 Å². The van der Waals surface area contributed by atoms with Gasteiger partial charge in [-0.1, -0.05) is 0 Å². The quantitative estimate of drug-likeness (QED) is 0.927. The van der Waals surface area contributed by atoms with E-state index in [0.717, 1.165) is 12.8 Å². The molecular weight excluding hydrogens is 292 g/mol. The third kappa shape index (κ3) is 2.54. The van der Waals surface area contributed by atoms with Crippen LogP contribution in [-0.4, -0.2) is 40.4 Å². The van der Waals surface area contributed by atoms with Crippen molar-refractivity contribution in [2.75, 3.05) is 13.2 Å². The summed E-state index contributed by atoms with van der Waals surface area (Å²) in [6.45, 7) is 2.64. The Bertz CT molecular complexity index is 420. The number of nitrogens with zero attached hydrogens (tertiary/aromatic N) is 2. The van der Waals surface area contributed by atoms with E-state index in [1.807, 2.05) is 0 Å². The van der Waals surface area contributed by atoms with E-state index in [-0.39, 0.29) is 6.04 Å². The summed E-state index contributed by atoms with van der Waals surface area (Å²) in [4.78, 5) is 12.3. The molecule has 0 bridgehead atoms. The van der Waals surface area contributed by atoms with Crippen molar-refractivity contribution in [3.63, 3.8) is 0 Å². The Morgan fingerprint density at radius 2 is 2.53 bits per heavy atom. The maximum atomic E-state index is 10.9. The van der Waals surface area contributed by atoms with Crippen molar-refractivity contribution in [3.8, 4) is 5.88 Å². The molecule has 1 fully saturated rings. The van der Waals surface area contributed by atoms with Crippen LogP contribution in [0, 0.1) is 6.92 Å². The lowest BCUT2D eigenvalue weighted by Crippen LogP contribution is -2.38. The monoisotopic (exact) mass is 304 g/mol. The maximum absolute atomic E-state index is 10.9. The number of carbonyl (C=O) groups is 1. The average molecular weight is 305 g/mol. The highest BCUT2D eigenvalue weighted by atomic mass is 79.9. The number of aryl methyl sites for hydroxylation is 1. The molecule has 1 aliphatic rings. The van der Waals surface area contributed by atoms with Crippen molar-refractivity contribution in [1.29, 1.82) is 0 Å². The summed E-state index contributed by atoms with van der Waals surface area (Å²) < 4.78 is 11.1. The highest BCUT2D eigenvalue weighted by Crippen LogP contribution is 2.28. The largest absolute Gasteiger partial charge is 0.473 e. The molecule has 2 heterocycles. The Hall–Kier alpha value is -1.24. The zero-order chi connectivity index (χ0) is 12.4. The topological polar surface area (TPSA) is 75.8 Å². The summed E-state index contributed by atoms with van der Waals surface area (Å²) in [5.74, 6) is 1.02. The number of rotatable bonds is 3. The van der Waals surface area contributed by atoms with Gasteiger partial charge in [0.1, 0.15) is 11.1 Å². The second-order valence-electron chi connectivity index (χ2n) is 3.94. The van der Waals surface area contributed by atoms with Gasteiger partial charge in [0.2, 0.25) is 0 Å². The molecule has 1 amide bonds. The molecule has 1 aromatic rings. The molecule has 0 saturated carbocycles. The molecular formula is C10H13BrN2O4. The third-order valence-corrected chi connectivity index (χ3v) is 3.70. The van der Waals surface area contributed by atoms with Gasteiger partial charge in [-0.2, -0.15) is 0 Å². The summed E-state index contributed by atoms with van der Waals surface area (Å²) in [5.41, 5.74) is 0. The van der Waals surface area contributed by atoms with E-state index < -0.39 is 6.09 Å². The minimum atomic E-state index is -0.897. The van der Waals surface area contributed by atoms with E-state index >= 15 is 0 Å². The number of aromatic nitrogens is 1. The molecule has 1 aromatic heterocycles. The molecule has 0 aromatic carbocycles. The first-order chi connectivity index (χ1) is 8.09. The van der Waals surface area contributed by atoms with Gasteiger partial charge in [0, 0.05) is 6.54 Å². The van der Waals surface area contributed by atoms with E-state index in [1.165, 1.54) is 4.90 Å². The first kappa shape index (κ1) is 12.2. The van der Waals surface area contributed by atoms with Crippen LogP contribution in [0.2, 0.25) is 0 Å². The molecule has 2 rings (SSSR count). The lowest BCUT2D eigenvalue weighted by Gasteiger charge is -2.20. The Balaban J connectivity index is 1.94. The van der Waals surface area contributed by atoms with E-state index in [9.17, 15) is 4.79 Å². The fourth-order valence-corrected chi connectivity index (χ4v) is 2.13. The van der Waals surface area contributed by atoms with Gasteiger partial charge < -0.3 is 19.3 Å². The zero-order valence-electron chi connectivity index (χ0n) is 9.35. The van der Waals surface area contributed by atoms with Crippen molar-refractivity contribution in [3.05, 3.63) is 10.2 Å². The van der Waals surface area contributed by atoms with Crippen molar-refractivity contribution < 1.29 is 19.2 Å². The molecule has 1 saturated heterocycles. The highest BCUT2D eigenvalue weighted by molar-refractivity contribution is 9.10. The Morgan fingerprint density at radius 1 is 1.76 bits per heavy atom. The van der Waals surface area contributed by atoms with Crippen molar-refractivity contribution in [2.45, 2.75) is 25.8 Å². The van der Waals surface area contributed by atoms with Crippen molar-refractivity contribution in [1.82, 2.24) is 10.1 Å². The molecule has 6 nitrogen and oxygen atoms in total. The second kappa shape index (κ2) is 4.95. The van der Waals surface area contributed by atoms with Crippen LogP contribution in [0.4, 0.5) is 4.79 Å². The zero-order valence-corrected chi connectivity index (χ0v) is 10.9. The van der Waals surface area contributed by atoms with Crippen molar-refractivity contribution >= 4 is 22.0 Å². The Labute approximate surface area is 107 Å². The lowest BCUT2D eigenvalue weighted by atomic mass is 10.2. The standard InChI is InChI=1S/C10H13BrN2O4/c1-6-8(11)9(12-17-6)16-5-7-3-2-4-13(7)10(14)15/h7H,2-5H2,1H3,(H,14,15)/t7-/m1/s1. The first-order valence-electron chi connectivity index (χ1n) is 5.33. The number of ether oxygens (including phenoxy) is 1. The number of hydrogen-bond acceptors (Lipinski definition) is 4. The molecule has 1 aliphatic heterocycles. The van der Waals surface area contributed by atoms with Gasteiger partial charge >= 0.3 is 6.09 Å². The molecule has 0 spiro atoms. The van der Waals surface area contributed by atoms with E-state index in [0.29, 0.717) is 29.3 Å². The summed E-state index contributed by atoms with van der Waals surface area (Å²) in [6.07, 6.45) is 0.798. The fraction of sp³-hybridized carbons (Fsp3) is 0.600. The van der Waals surface area contributed by atoms with Crippen molar-refractivity contribution in [2.24, 2.45) is 0 Å². The predicted molar refractivity (Wildman–Crippen MR) is 62.2 cm³/mol. The number of carboxylic acid groups (broad SMARTS) is 1. The number of hydrogen-bond donors (Lipinski definition) is 1. The second-order valence-corrected chi connectivity index (χ2v) is 4.73. The highest BCUT2D eigenvalue weighted by Gasteiger charge is 2.29. The minimum absolute atomic E-state index is 0.101. The number of halogens is 1. The molecule has 17 heavy (non-hydrogen) atoms. The van der Waals surface area contributed by atoms with E-state index in [1.54, 1.807) is 6.92 Å². The molecule has 1 atom stereocenters. The van der Waals surface area contributed by atoms with E-state index in [2.05, 4.69) is 21.1 Å². The van der Waals surface area contributed by atoms with Gasteiger partial charge in [0.05, 0.1) is 6.04 Å². The summed E-state index contributed by atoms with van der Waals surface area (Å²) >= 11 is 3.29. The summed E-state index contributed by atoms with van der Waals surface area (Å²) in [5, 5.41) is 12.7. The number of likely N-dealkylation sites (tertiary alicyclic amines) is 1. The smallest absolute Gasteiger partial charge is 0.407 e. The molecule has 0 aliphatic carbocycles. The minimum Gasteiger partial charge on any atom is -0.473 e. The SMILES string of the molecule is Cc1onc(OC[C@H]2CCCN2C(=O)O)c1Br. The first-order valence-corrected chi connectivity index (χ1v) is 6.13. The van der Waals surface area contributed by atoms with Crippen LogP contribution in [-0.2, 0) is 0 Å². The lowest BCUT2D eigenvalue weighted by molar-refractivity contribution is 0.121. The predicted octanol–water partition coefficient (Wildman–Crippen LogP) is 2.27. The maximum Gasteiger partial charge on any atom is 0.407 e. The average Bonchev–Trinajstić information content (AvgIpc) is 2.86. The summed E-state index contributed by atoms with van der Waals surface area (Å²) in [7, 11) is 0. The van der Waals surface area contributed by atoms with Crippen LogP contribution >= 0.6 is 15.9 Å². The molecule has 0 unspecified atom stereocenters. The molecule has 1 N–H and O–H groups in total. The van der Waals surface area contributed by atoms with Crippen LogP contribution < -0.4 is 4.74 Å². The third-order valence-electron chi connectivity index (χ3n) is 2.80. The van der Waals surface area contributed by atoms with Gasteiger partial charge in [-0.05, 0) is 40.9 Å². The van der Waals surface area contributed by atoms with Gasteiger partial charge in [-0.3, -0.25) is 0 Å². The van der Waals surface area contributed by atoms with Gasteiger partial charge in [-0.25, -0.2) is 4.79 Å². The Morgan fingerprint density at radius 3 is 3.12 bits per heavy atom. The molecule has 0 radical (unpaired) electrons.